The number of nitro benzene ring substituents is 1. The summed E-state index contributed by atoms with van der Waals surface area (Å²) in [5, 5.41) is 19.8. The van der Waals surface area contributed by atoms with Crippen LogP contribution in [0.4, 0.5) is 5.69 Å². The molecular weight excluding hydrogens is 280 g/mol. The van der Waals surface area contributed by atoms with Crippen molar-refractivity contribution in [3.63, 3.8) is 0 Å². The Morgan fingerprint density at radius 1 is 1.29 bits per heavy atom. The number of aromatic carboxylic acids is 1. The van der Waals surface area contributed by atoms with Crippen LogP contribution in [0.1, 0.15) is 10.4 Å². The summed E-state index contributed by atoms with van der Waals surface area (Å²) in [7, 11) is 1.44. The quantitative estimate of drug-likeness (QED) is 0.664. The van der Waals surface area contributed by atoms with Gasteiger partial charge in [0.15, 0.2) is 0 Å². The molecule has 2 aromatic rings. The van der Waals surface area contributed by atoms with Crippen molar-refractivity contribution in [3.05, 3.63) is 52.2 Å². The van der Waals surface area contributed by atoms with E-state index in [2.05, 4.69) is 4.98 Å². The lowest BCUT2D eigenvalue weighted by Crippen LogP contribution is -2.02. The normalized spacial score (nSPS) is 9.95. The van der Waals surface area contributed by atoms with Crippen LogP contribution in [-0.4, -0.2) is 28.1 Å². The van der Waals surface area contributed by atoms with Gasteiger partial charge < -0.3 is 14.6 Å². The van der Waals surface area contributed by atoms with E-state index in [-0.39, 0.29) is 5.75 Å². The third-order valence-corrected chi connectivity index (χ3v) is 2.55. The van der Waals surface area contributed by atoms with E-state index in [0.29, 0.717) is 11.6 Å². The SMILES string of the molecule is COc1cc(Oc2ccc([N+](=O)[O-])c(C(=O)O)c2)ccn1. The van der Waals surface area contributed by atoms with Crippen LogP contribution in [-0.2, 0) is 0 Å². The second kappa shape index (κ2) is 5.87. The van der Waals surface area contributed by atoms with E-state index >= 15 is 0 Å². The van der Waals surface area contributed by atoms with E-state index < -0.39 is 22.1 Å². The van der Waals surface area contributed by atoms with Gasteiger partial charge in [0.1, 0.15) is 17.1 Å². The summed E-state index contributed by atoms with van der Waals surface area (Å²) in [6.45, 7) is 0. The second-order valence-corrected chi connectivity index (χ2v) is 3.88. The number of methoxy groups -OCH3 is 1. The van der Waals surface area contributed by atoms with E-state index in [1.165, 1.54) is 25.4 Å². The predicted molar refractivity (Wildman–Crippen MR) is 70.9 cm³/mol. The van der Waals surface area contributed by atoms with E-state index in [1.807, 2.05) is 0 Å². The van der Waals surface area contributed by atoms with E-state index in [9.17, 15) is 14.9 Å². The topological polar surface area (TPSA) is 112 Å². The van der Waals surface area contributed by atoms with Gasteiger partial charge in [0.05, 0.1) is 12.0 Å². The molecule has 1 aromatic carbocycles. The number of hydrogen-bond acceptors (Lipinski definition) is 6. The first-order valence-corrected chi connectivity index (χ1v) is 5.71. The van der Waals surface area contributed by atoms with E-state index in [1.54, 1.807) is 6.07 Å². The number of rotatable bonds is 5. The molecule has 21 heavy (non-hydrogen) atoms. The number of aromatic nitrogens is 1. The molecule has 2 rings (SSSR count). The van der Waals surface area contributed by atoms with Crippen LogP contribution in [0.5, 0.6) is 17.4 Å². The molecule has 0 aliphatic rings. The minimum atomic E-state index is -1.40. The lowest BCUT2D eigenvalue weighted by molar-refractivity contribution is -0.385. The zero-order chi connectivity index (χ0) is 15.4. The Balaban J connectivity index is 2.34. The zero-order valence-corrected chi connectivity index (χ0v) is 10.8. The van der Waals surface area contributed by atoms with Crippen LogP contribution in [0.2, 0.25) is 0 Å². The Kier molecular flexibility index (Phi) is 3.98. The summed E-state index contributed by atoms with van der Waals surface area (Å²) >= 11 is 0. The average Bonchev–Trinajstić information content (AvgIpc) is 2.47. The van der Waals surface area contributed by atoms with Crippen molar-refractivity contribution in [2.24, 2.45) is 0 Å². The van der Waals surface area contributed by atoms with Gasteiger partial charge in [-0.1, -0.05) is 0 Å². The number of hydrogen-bond donors (Lipinski definition) is 1. The van der Waals surface area contributed by atoms with Crippen LogP contribution in [0.3, 0.4) is 0 Å². The highest BCUT2D eigenvalue weighted by Gasteiger charge is 2.20. The molecule has 0 bridgehead atoms. The number of carboxylic acid groups (broad SMARTS) is 1. The van der Waals surface area contributed by atoms with Crippen molar-refractivity contribution in [3.8, 4) is 17.4 Å². The molecule has 0 atom stereocenters. The fraction of sp³-hybridized carbons (Fsp3) is 0.0769. The van der Waals surface area contributed by atoms with Crippen molar-refractivity contribution in [1.82, 2.24) is 4.98 Å². The molecule has 0 spiro atoms. The Bertz CT molecular complexity index is 701. The number of pyridine rings is 1. The predicted octanol–water partition coefficient (Wildman–Crippen LogP) is 2.49. The maximum Gasteiger partial charge on any atom is 0.342 e. The standard InChI is InChI=1S/C13H10N2O6/c1-20-12-7-9(4-5-14-12)21-8-2-3-11(15(18)19)10(6-8)13(16)17/h2-7H,1H3,(H,16,17). The highest BCUT2D eigenvalue weighted by molar-refractivity contribution is 5.92. The van der Waals surface area contributed by atoms with Crippen LogP contribution < -0.4 is 9.47 Å². The van der Waals surface area contributed by atoms with Gasteiger partial charge in [-0.3, -0.25) is 10.1 Å². The summed E-state index contributed by atoms with van der Waals surface area (Å²) in [4.78, 5) is 24.9. The summed E-state index contributed by atoms with van der Waals surface area (Å²) in [6, 6.07) is 6.54. The molecule has 0 saturated carbocycles. The largest absolute Gasteiger partial charge is 0.481 e. The lowest BCUT2D eigenvalue weighted by Gasteiger charge is -2.07. The molecule has 0 unspecified atom stereocenters. The molecule has 1 N–H and O–H groups in total. The van der Waals surface area contributed by atoms with Crippen LogP contribution in [0, 0.1) is 10.1 Å². The van der Waals surface area contributed by atoms with Crippen LogP contribution in [0.15, 0.2) is 36.5 Å². The van der Waals surface area contributed by atoms with Crippen molar-refractivity contribution in [2.45, 2.75) is 0 Å². The summed E-state index contributed by atoms with van der Waals surface area (Å²) in [5.41, 5.74) is -0.944. The van der Waals surface area contributed by atoms with Gasteiger partial charge in [0.25, 0.3) is 5.69 Å². The van der Waals surface area contributed by atoms with Gasteiger partial charge in [-0.2, -0.15) is 0 Å². The number of benzene rings is 1. The molecule has 0 amide bonds. The number of nitrogens with zero attached hydrogens (tertiary/aromatic N) is 2. The lowest BCUT2D eigenvalue weighted by atomic mass is 10.1. The van der Waals surface area contributed by atoms with Gasteiger partial charge >= 0.3 is 5.97 Å². The Morgan fingerprint density at radius 3 is 2.62 bits per heavy atom. The van der Waals surface area contributed by atoms with Gasteiger partial charge in [-0.15, -0.1) is 0 Å². The highest BCUT2D eigenvalue weighted by atomic mass is 16.6. The second-order valence-electron chi connectivity index (χ2n) is 3.88. The molecule has 0 aliphatic heterocycles. The third-order valence-electron chi connectivity index (χ3n) is 2.55. The first-order chi connectivity index (χ1) is 10.0. The fourth-order valence-corrected chi connectivity index (χ4v) is 1.61. The molecule has 8 heteroatoms. The molecule has 0 aliphatic carbocycles. The molecule has 1 aromatic heterocycles. The van der Waals surface area contributed by atoms with Crippen LogP contribution >= 0.6 is 0 Å². The molecule has 8 nitrogen and oxygen atoms in total. The van der Waals surface area contributed by atoms with Gasteiger partial charge in [0.2, 0.25) is 5.88 Å². The summed E-state index contributed by atoms with van der Waals surface area (Å²) in [6.07, 6.45) is 1.46. The fourth-order valence-electron chi connectivity index (χ4n) is 1.61. The van der Waals surface area contributed by atoms with Crippen molar-refractivity contribution < 1.29 is 24.3 Å². The zero-order valence-electron chi connectivity index (χ0n) is 10.8. The van der Waals surface area contributed by atoms with Crippen molar-refractivity contribution in [2.75, 3.05) is 7.11 Å². The number of ether oxygens (including phenoxy) is 2. The Morgan fingerprint density at radius 2 is 2.00 bits per heavy atom. The van der Waals surface area contributed by atoms with Crippen molar-refractivity contribution in [1.29, 1.82) is 0 Å². The molecular formula is C13H10N2O6. The van der Waals surface area contributed by atoms with Crippen LogP contribution in [0.25, 0.3) is 0 Å². The average molecular weight is 290 g/mol. The molecule has 0 radical (unpaired) electrons. The van der Waals surface area contributed by atoms with Gasteiger partial charge in [-0.05, 0) is 12.1 Å². The third kappa shape index (κ3) is 3.24. The van der Waals surface area contributed by atoms with Gasteiger partial charge in [-0.25, -0.2) is 9.78 Å². The number of carbonyl (C=O) groups is 1. The number of carboxylic acids is 1. The highest BCUT2D eigenvalue weighted by Crippen LogP contribution is 2.28. The maximum atomic E-state index is 11.0. The summed E-state index contributed by atoms with van der Waals surface area (Å²) in [5.74, 6) is -0.550. The first kappa shape index (κ1) is 14.3. The minimum absolute atomic E-state index is 0.159. The molecule has 0 fully saturated rings. The monoisotopic (exact) mass is 290 g/mol. The van der Waals surface area contributed by atoms with E-state index in [4.69, 9.17) is 14.6 Å². The minimum Gasteiger partial charge on any atom is -0.481 e. The first-order valence-electron chi connectivity index (χ1n) is 5.71. The summed E-state index contributed by atoms with van der Waals surface area (Å²) < 4.78 is 10.4. The molecule has 0 saturated heterocycles. The van der Waals surface area contributed by atoms with E-state index in [0.717, 1.165) is 12.1 Å². The van der Waals surface area contributed by atoms with Crippen molar-refractivity contribution >= 4 is 11.7 Å². The molecule has 108 valence electrons. The Hall–Kier alpha value is -3.16. The Labute approximate surface area is 118 Å². The number of nitro groups is 1. The van der Waals surface area contributed by atoms with Gasteiger partial charge in [0, 0.05) is 24.4 Å². The smallest absolute Gasteiger partial charge is 0.342 e. The molecule has 1 heterocycles. The maximum absolute atomic E-state index is 11.0.